The highest BCUT2D eigenvalue weighted by Gasteiger charge is 2.33. The standard InChI is InChI=1S/C22H20N4O3/c1-29-20-12-11-16(13-23-20)24-19(27)14-26-21(15-7-3-2-4-8-15)25-18-10-6-5-9-17(18)22(26)28/h2-13,21,25H,14H2,1H3,(H,24,27)/t21-/m1/s1. The Labute approximate surface area is 168 Å². The number of hydrogen-bond donors (Lipinski definition) is 2. The molecule has 1 aromatic heterocycles. The van der Waals surface area contributed by atoms with Crippen molar-refractivity contribution < 1.29 is 14.3 Å². The molecule has 7 nitrogen and oxygen atoms in total. The van der Waals surface area contributed by atoms with Gasteiger partial charge >= 0.3 is 0 Å². The number of carbonyl (C=O) groups excluding carboxylic acids is 2. The summed E-state index contributed by atoms with van der Waals surface area (Å²) in [5.41, 5.74) is 2.72. The number of para-hydroxylation sites is 1. The summed E-state index contributed by atoms with van der Waals surface area (Å²) in [4.78, 5) is 31.4. The average molecular weight is 388 g/mol. The summed E-state index contributed by atoms with van der Waals surface area (Å²) in [6.45, 7) is -0.105. The van der Waals surface area contributed by atoms with Crippen molar-refractivity contribution in [2.75, 3.05) is 24.3 Å². The van der Waals surface area contributed by atoms with E-state index in [9.17, 15) is 9.59 Å². The molecule has 0 bridgehead atoms. The van der Waals surface area contributed by atoms with Crippen LogP contribution < -0.4 is 15.4 Å². The van der Waals surface area contributed by atoms with Gasteiger partial charge in [-0.15, -0.1) is 0 Å². The number of pyridine rings is 1. The van der Waals surface area contributed by atoms with Gasteiger partial charge in [0.25, 0.3) is 5.91 Å². The number of fused-ring (bicyclic) bond motifs is 1. The molecule has 1 atom stereocenters. The summed E-state index contributed by atoms with van der Waals surface area (Å²) in [6.07, 6.45) is 1.06. The number of methoxy groups -OCH3 is 1. The van der Waals surface area contributed by atoms with Gasteiger partial charge in [0.2, 0.25) is 11.8 Å². The zero-order valence-corrected chi connectivity index (χ0v) is 15.8. The van der Waals surface area contributed by atoms with Crippen LogP contribution in [0.2, 0.25) is 0 Å². The monoisotopic (exact) mass is 388 g/mol. The maximum absolute atomic E-state index is 13.1. The van der Waals surface area contributed by atoms with E-state index in [1.807, 2.05) is 48.5 Å². The van der Waals surface area contributed by atoms with Gasteiger partial charge in [-0.2, -0.15) is 0 Å². The predicted octanol–water partition coefficient (Wildman–Crippen LogP) is 3.30. The molecule has 2 amide bonds. The van der Waals surface area contributed by atoms with Crippen molar-refractivity contribution in [3.8, 4) is 5.88 Å². The number of anilines is 2. The van der Waals surface area contributed by atoms with Crippen LogP contribution in [0.5, 0.6) is 5.88 Å². The zero-order valence-electron chi connectivity index (χ0n) is 15.8. The molecule has 2 N–H and O–H groups in total. The summed E-state index contributed by atoms with van der Waals surface area (Å²) in [5, 5.41) is 6.15. The lowest BCUT2D eigenvalue weighted by molar-refractivity contribution is -0.117. The third kappa shape index (κ3) is 3.89. The molecule has 1 aliphatic heterocycles. The second kappa shape index (κ2) is 8.02. The van der Waals surface area contributed by atoms with E-state index in [-0.39, 0.29) is 18.4 Å². The Morgan fingerprint density at radius 2 is 1.86 bits per heavy atom. The molecule has 0 spiro atoms. The Morgan fingerprint density at radius 3 is 2.59 bits per heavy atom. The number of carbonyl (C=O) groups is 2. The molecule has 0 fully saturated rings. The van der Waals surface area contributed by atoms with Crippen LogP contribution in [0.3, 0.4) is 0 Å². The molecule has 3 aromatic rings. The maximum Gasteiger partial charge on any atom is 0.258 e. The van der Waals surface area contributed by atoms with Crippen molar-refractivity contribution in [2.45, 2.75) is 6.17 Å². The first-order chi connectivity index (χ1) is 14.2. The molecule has 146 valence electrons. The van der Waals surface area contributed by atoms with Crippen molar-refractivity contribution in [1.82, 2.24) is 9.88 Å². The minimum absolute atomic E-state index is 0.105. The second-order valence-electron chi connectivity index (χ2n) is 6.57. The lowest BCUT2D eigenvalue weighted by atomic mass is 10.0. The van der Waals surface area contributed by atoms with Gasteiger partial charge in [0.15, 0.2) is 0 Å². The number of hydrogen-bond acceptors (Lipinski definition) is 5. The number of aromatic nitrogens is 1. The minimum atomic E-state index is -0.446. The van der Waals surface area contributed by atoms with Gasteiger partial charge in [-0.1, -0.05) is 42.5 Å². The van der Waals surface area contributed by atoms with E-state index in [4.69, 9.17) is 4.74 Å². The lowest BCUT2D eigenvalue weighted by Gasteiger charge is -2.37. The summed E-state index contributed by atoms with van der Waals surface area (Å²) in [7, 11) is 1.52. The predicted molar refractivity (Wildman–Crippen MR) is 110 cm³/mol. The van der Waals surface area contributed by atoms with Crippen LogP contribution in [-0.4, -0.2) is 35.4 Å². The number of ether oxygens (including phenoxy) is 1. The normalized spacial score (nSPS) is 15.3. The van der Waals surface area contributed by atoms with E-state index >= 15 is 0 Å². The molecule has 1 aliphatic rings. The van der Waals surface area contributed by atoms with Gasteiger partial charge < -0.3 is 20.3 Å². The highest BCUT2D eigenvalue weighted by Crippen LogP contribution is 2.32. The van der Waals surface area contributed by atoms with Crippen LogP contribution in [-0.2, 0) is 4.79 Å². The Bertz CT molecular complexity index is 1020. The van der Waals surface area contributed by atoms with Gasteiger partial charge in [-0.25, -0.2) is 4.98 Å². The van der Waals surface area contributed by atoms with Crippen LogP contribution in [0.1, 0.15) is 22.1 Å². The van der Waals surface area contributed by atoms with E-state index in [1.165, 1.54) is 18.2 Å². The zero-order chi connectivity index (χ0) is 20.2. The fraction of sp³-hybridized carbons (Fsp3) is 0.136. The van der Waals surface area contributed by atoms with Crippen LogP contribution >= 0.6 is 0 Å². The fourth-order valence-electron chi connectivity index (χ4n) is 3.28. The van der Waals surface area contributed by atoms with Crippen LogP contribution in [0.25, 0.3) is 0 Å². The topological polar surface area (TPSA) is 83.6 Å². The summed E-state index contributed by atoms with van der Waals surface area (Å²) >= 11 is 0. The Morgan fingerprint density at radius 1 is 1.10 bits per heavy atom. The highest BCUT2D eigenvalue weighted by atomic mass is 16.5. The van der Waals surface area contributed by atoms with Gasteiger partial charge in [0, 0.05) is 11.8 Å². The number of nitrogens with one attached hydrogen (secondary N) is 2. The molecular weight excluding hydrogens is 368 g/mol. The SMILES string of the molecule is COc1ccc(NC(=O)CN2C(=O)c3ccccc3N[C@H]2c2ccccc2)cn1. The van der Waals surface area contributed by atoms with Gasteiger partial charge in [0.1, 0.15) is 12.7 Å². The maximum atomic E-state index is 13.1. The fourth-order valence-corrected chi connectivity index (χ4v) is 3.28. The molecule has 0 saturated heterocycles. The molecule has 0 unspecified atom stereocenters. The molecule has 2 aromatic carbocycles. The second-order valence-corrected chi connectivity index (χ2v) is 6.57. The first kappa shape index (κ1) is 18.5. The number of amides is 2. The van der Waals surface area contributed by atoms with Crippen molar-refractivity contribution in [3.63, 3.8) is 0 Å². The summed E-state index contributed by atoms with van der Waals surface area (Å²) in [5.74, 6) is -0.0530. The van der Waals surface area contributed by atoms with E-state index in [0.29, 0.717) is 17.1 Å². The lowest BCUT2D eigenvalue weighted by Crippen LogP contribution is -2.46. The first-order valence-electron chi connectivity index (χ1n) is 9.17. The number of nitrogens with zero attached hydrogens (tertiary/aromatic N) is 2. The van der Waals surface area contributed by atoms with Crippen LogP contribution in [0.4, 0.5) is 11.4 Å². The van der Waals surface area contributed by atoms with Crippen molar-refractivity contribution in [1.29, 1.82) is 0 Å². The molecule has 29 heavy (non-hydrogen) atoms. The van der Waals surface area contributed by atoms with Crippen molar-refractivity contribution in [3.05, 3.63) is 84.1 Å². The quantitative estimate of drug-likeness (QED) is 0.701. The minimum Gasteiger partial charge on any atom is -0.481 e. The number of benzene rings is 2. The van der Waals surface area contributed by atoms with Gasteiger partial charge in [0.05, 0.1) is 24.6 Å². The molecule has 0 saturated carbocycles. The molecule has 7 heteroatoms. The Kier molecular flexibility index (Phi) is 5.11. The van der Waals surface area contributed by atoms with Crippen LogP contribution in [0.15, 0.2) is 72.9 Å². The summed E-state index contributed by atoms with van der Waals surface area (Å²) in [6, 6.07) is 20.2. The van der Waals surface area contributed by atoms with Crippen LogP contribution in [0, 0.1) is 0 Å². The molecule has 4 rings (SSSR count). The van der Waals surface area contributed by atoms with E-state index < -0.39 is 6.17 Å². The Balaban J connectivity index is 1.58. The summed E-state index contributed by atoms with van der Waals surface area (Å²) < 4.78 is 5.02. The van der Waals surface area contributed by atoms with Crippen molar-refractivity contribution in [2.24, 2.45) is 0 Å². The largest absolute Gasteiger partial charge is 0.481 e. The number of rotatable bonds is 5. The van der Waals surface area contributed by atoms with E-state index in [1.54, 1.807) is 18.2 Å². The highest BCUT2D eigenvalue weighted by molar-refractivity contribution is 6.04. The van der Waals surface area contributed by atoms with E-state index in [0.717, 1.165) is 11.3 Å². The van der Waals surface area contributed by atoms with Gasteiger partial charge in [-0.3, -0.25) is 9.59 Å². The average Bonchev–Trinajstić information content (AvgIpc) is 2.77. The Hall–Kier alpha value is -3.87. The van der Waals surface area contributed by atoms with E-state index in [2.05, 4.69) is 15.6 Å². The van der Waals surface area contributed by atoms with Gasteiger partial charge in [-0.05, 0) is 23.8 Å². The first-order valence-corrected chi connectivity index (χ1v) is 9.17. The molecule has 0 aliphatic carbocycles. The third-order valence-electron chi connectivity index (χ3n) is 4.68. The molecular formula is C22H20N4O3. The smallest absolute Gasteiger partial charge is 0.258 e. The molecule has 2 heterocycles. The third-order valence-corrected chi connectivity index (χ3v) is 4.68. The molecule has 0 radical (unpaired) electrons. The van der Waals surface area contributed by atoms with Crippen molar-refractivity contribution >= 4 is 23.2 Å².